The number of carbonyl (C=O) groups excluding carboxylic acids is 1. The average molecular weight is 296 g/mol. The van der Waals surface area contributed by atoms with Gasteiger partial charge in [0.2, 0.25) is 5.91 Å². The summed E-state index contributed by atoms with van der Waals surface area (Å²) in [7, 11) is 3.19. The molecular weight excluding hydrogens is 278 g/mol. The van der Waals surface area contributed by atoms with Crippen LogP contribution in [0.4, 0.5) is 0 Å². The van der Waals surface area contributed by atoms with E-state index in [1.165, 1.54) is 0 Å². The predicted octanol–water partition coefficient (Wildman–Crippen LogP) is 2.69. The summed E-state index contributed by atoms with van der Waals surface area (Å²) in [5.74, 6) is 1.92. The molecule has 1 aliphatic rings. The van der Waals surface area contributed by atoms with Crippen LogP contribution in [0, 0.1) is 0 Å². The first kappa shape index (κ1) is 14.7. The number of methoxy groups -OCH3 is 2. The van der Waals surface area contributed by atoms with Crippen molar-refractivity contribution >= 4 is 23.6 Å². The molecule has 0 fully saturated rings. The van der Waals surface area contributed by atoms with Gasteiger partial charge in [-0.15, -0.1) is 11.6 Å². The normalized spacial score (nSPS) is 13.9. The molecule has 5 heteroatoms. The monoisotopic (exact) mass is 295 g/mol. The minimum absolute atomic E-state index is 0.0670. The van der Waals surface area contributed by atoms with Crippen LogP contribution in [0.5, 0.6) is 11.5 Å². The average Bonchev–Trinajstić information content (AvgIpc) is 2.61. The van der Waals surface area contributed by atoms with Crippen LogP contribution in [0.2, 0.25) is 0 Å². The Kier molecular flexibility index (Phi) is 4.90. The Hall–Kier alpha value is -1.68. The number of hydrogen-bond donors (Lipinski definition) is 0. The maximum Gasteiger partial charge on any atom is 0.230 e. The van der Waals surface area contributed by atoms with Crippen molar-refractivity contribution < 1.29 is 14.3 Å². The van der Waals surface area contributed by atoms with Crippen molar-refractivity contribution in [2.75, 3.05) is 26.6 Å². The molecule has 2 rings (SSSR count). The number of ether oxygens (including phenoxy) is 2. The van der Waals surface area contributed by atoms with Crippen molar-refractivity contribution in [3.05, 3.63) is 29.5 Å². The molecule has 0 bridgehead atoms. The van der Waals surface area contributed by atoms with E-state index < -0.39 is 0 Å². The topological polar surface area (TPSA) is 38.8 Å². The highest BCUT2D eigenvalue weighted by molar-refractivity contribution is 6.17. The van der Waals surface area contributed by atoms with Crippen molar-refractivity contribution in [2.45, 2.75) is 12.8 Å². The van der Waals surface area contributed by atoms with Gasteiger partial charge in [0.1, 0.15) is 0 Å². The number of nitrogens with zero attached hydrogens (tertiary/aromatic N) is 1. The van der Waals surface area contributed by atoms with E-state index in [0.717, 1.165) is 17.5 Å². The fourth-order valence-electron chi connectivity index (χ4n) is 2.19. The van der Waals surface area contributed by atoms with Gasteiger partial charge in [0.05, 0.1) is 20.6 Å². The van der Waals surface area contributed by atoms with Crippen molar-refractivity contribution in [1.82, 2.24) is 4.90 Å². The van der Waals surface area contributed by atoms with Crippen LogP contribution < -0.4 is 9.47 Å². The van der Waals surface area contributed by atoms with E-state index in [0.29, 0.717) is 30.3 Å². The molecule has 0 saturated heterocycles. The van der Waals surface area contributed by atoms with Gasteiger partial charge in [0.25, 0.3) is 0 Å². The van der Waals surface area contributed by atoms with Crippen LogP contribution in [0.15, 0.2) is 18.3 Å². The number of hydrogen-bond acceptors (Lipinski definition) is 3. The summed E-state index contributed by atoms with van der Waals surface area (Å²) in [4.78, 5) is 13.9. The Morgan fingerprint density at radius 3 is 2.60 bits per heavy atom. The number of carbonyl (C=O) groups is 1. The second-order valence-electron chi connectivity index (χ2n) is 4.53. The Balaban J connectivity index is 2.31. The van der Waals surface area contributed by atoms with Gasteiger partial charge < -0.3 is 14.4 Å². The Labute approximate surface area is 123 Å². The van der Waals surface area contributed by atoms with Crippen molar-refractivity contribution in [2.24, 2.45) is 0 Å². The van der Waals surface area contributed by atoms with E-state index in [1.54, 1.807) is 19.1 Å². The molecule has 1 aliphatic heterocycles. The summed E-state index contributed by atoms with van der Waals surface area (Å²) >= 11 is 5.68. The maximum absolute atomic E-state index is 12.2. The maximum atomic E-state index is 12.2. The Bertz CT molecular complexity index is 528. The van der Waals surface area contributed by atoms with Gasteiger partial charge >= 0.3 is 0 Å². The lowest BCUT2D eigenvalue weighted by Gasteiger charge is -2.16. The third kappa shape index (κ3) is 3.07. The van der Waals surface area contributed by atoms with Gasteiger partial charge in [-0.05, 0) is 35.8 Å². The molecule has 0 unspecified atom stereocenters. The van der Waals surface area contributed by atoms with Crippen molar-refractivity contribution in [3.63, 3.8) is 0 Å². The number of halogens is 1. The predicted molar refractivity (Wildman–Crippen MR) is 79.3 cm³/mol. The summed E-state index contributed by atoms with van der Waals surface area (Å²) in [6.45, 7) is 0.640. The van der Waals surface area contributed by atoms with Gasteiger partial charge in [-0.3, -0.25) is 4.79 Å². The molecule has 1 aromatic rings. The number of amides is 1. The zero-order chi connectivity index (χ0) is 14.5. The SMILES string of the molecule is COc1cc2c(cc1OC)CC(=O)N(CCCCl)C=C2. The fourth-order valence-corrected chi connectivity index (χ4v) is 2.31. The molecule has 1 amide bonds. The van der Waals surface area contributed by atoms with E-state index in [1.807, 2.05) is 24.4 Å². The van der Waals surface area contributed by atoms with Crippen LogP contribution in [0.3, 0.4) is 0 Å². The molecule has 20 heavy (non-hydrogen) atoms. The van der Waals surface area contributed by atoms with Crippen LogP contribution in [-0.4, -0.2) is 37.5 Å². The molecule has 0 atom stereocenters. The second-order valence-corrected chi connectivity index (χ2v) is 4.91. The summed E-state index contributed by atoms with van der Waals surface area (Å²) in [6.07, 6.45) is 4.87. The highest BCUT2D eigenvalue weighted by atomic mass is 35.5. The van der Waals surface area contributed by atoms with Gasteiger partial charge in [-0.25, -0.2) is 0 Å². The van der Waals surface area contributed by atoms with Gasteiger partial charge in [-0.1, -0.05) is 0 Å². The molecule has 108 valence electrons. The molecule has 4 nitrogen and oxygen atoms in total. The number of fused-ring (bicyclic) bond motifs is 1. The summed E-state index contributed by atoms with van der Waals surface area (Å²) in [5, 5.41) is 0. The van der Waals surface area contributed by atoms with Crippen LogP contribution in [-0.2, 0) is 11.2 Å². The number of rotatable bonds is 5. The summed E-state index contributed by atoms with van der Waals surface area (Å²) < 4.78 is 10.6. The van der Waals surface area contributed by atoms with Gasteiger partial charge in [0, 0.05) is 18.6 Å². The van der Waals surface area contributed by atoms with Crippen LogP contribution in [0.1, 0.15) is 17.5 Å². The lowest BCUT2D eigenvalue weighted by Crippen LogP contribution is -2.27. The molecule has 0 aliphatic carbocycles. The summed E-state index contributed by atoms with van der Waals surface area (Å²) in [6, 6.07) is 3.75. The first-order valence-electron chi connectivity index (χ1n) is 6.48. The molecule has 0 spiro atoms. The van der Waals surface area contributed by atoms with E-state index in [-0.39, 0.29) is 5.91 Å². The summed E-state index contributed by atoms with van der Waals surface area (Å²) in [5.41, 5.74) is 1.92. The molecule has 0 N–H and O–H groups in total. The largest absolute Gasteiger partial charge is 0.493 e. The van der Waals surface area contributed by atoms with Gasteiger partial charge in [0.15, 0.2) is 11.5 Å². The highest BCUT2D eigenvalue weighted by Gasteiger charge is 2.19. The van der Waals surface area contributed by atoms with E-state index in [2.05, 4.69) is 0 Å². The standard InChI is InChI=1S/C15H18ClNO3/c1-19-13-8-11-4-7-17(6-3-5-16)15(18)10-12(11)9-14(13)20-2/h4,7-9H,3,5-6,10H2,1-2H3. The van der Waals surface area contributed by atoms with E-state index in [4.69, 9.17) is 21.1 Å². The van der Waals surface area contributed by atoms with Gasteiger partial charge in [-0.2, -0.15) is 0 Å². The Morgan fingerprint density at radius 2 is 1.95 bits per heavy atom. The molecular formula is C15H18ClNO3. The smallest absolute Gasteiger partial charge is 0.230 e. The first-order chi connectivity index (χ1) is 9.69. The van der Waals surface area contributed by atoms with Crippen LogP contribution >= 0.6 is 11.6 Å². The lowest BCUT2D eigenvalue weighted by molar-refractivity contribution is -0.127. The van der Waals surface area contributed by atoms with Crippen molar-refractivity contribution in [1.29, 1.82) is 0 Å². The quantitative estimate of drug-likeness (QED) is 0.784. The minimum Gasteiger partial charge on any atom is -0.493 e. The second kappa shape index (κ2) is 6.66. The van der Waals surface area contributed by atoms with Crippen molar-refractivity contribution in [3.8, 4) is 11.5 Å². The third-order valence-electron chi connectivity index (χ3n) is 3.27. The number of alkyl halides is 1. The molecule has 1 aromatic carbocycles. The molecule has 0 saturated carbocycles. The zero-order valence-electron chi connectivity index (χ0n) is 11.7. The molecule has 0 aromatic heterocycles. The zero-order valence-corrected chi connectivity index (χ0v) is 12.4. The molecule has 0 radical (unpaired) electrons. The number of benzene rings is 1. The lowest BCUT2D eigenvalue weighted by atomic mass is 10.0. The first-order valence-corrected chi connectivity index (χ1v) is 7.01. The Morgan fingerprint density at radius 1 is 1.25 bits per heavy atom. The van der Waals surface area contributed by atoms with E-state index in [9.17, 15) is 4.79 Å². The minimum atomic E-state index is 0.0670. The third-order valence-corrected chi connectivity index (χ3v) is 3.54. The molecule has 1 heterocycles. The fraction of sp³-hybridized carbons (Fsp3) is 0.400. The van der Waals surface area contributed by atoms with Crippen LogP contribution in [0.25, 0.3) is 6.08 Å². The van der Waals surface area contributed by atoms with E-state index >= 15 is 0 Å². The highest BCUT2D eigenvalue weighted by Crippen LogP contribution is 2.32.